The molecule has 2 atom stereocenters. The minimum atomic E-state index is 0.0683. The first-order chi connectivity index (χ1) is 7.64. The molecule has 92 valence electrons. The molecular formula is C13H24N2O. The van der Waals surface area contributed by atoms with Gasteiger partial charge in [-0.25, -0.2) is 0 Å². The van der Waals surface area contributed by atoms with Gasteiger partial charge in [-0.15, -0.1) is 0 Å². The van der Waals surface area contributed by atoms with Crippen molar-refractivity contribution in [2.24, 2.45) is 17.6 Å². The van der Waals surface area contributed by atoms with Gasteiger partial charge in [-0.05, 0) is 45.1 Å². The molecule has 0 bridgehead atoms. The quantitative estimate of drug-likeness (QED) is 0.768. The molecule has 0 aliphatic heterocycles. The lowest BCUT2D eigenvalue weighted by molar-refractivity contribution is -0.127. The van der Waals surface area contributed by atoms with Crippen LogP contribution in [0.15, 0.2) is 0 Å². The Morgan fingerprint density at radius 1 is 1.31 bits per heavy atom. The molecule has 2 aliphatic rings. The van der Waals surface area contributed by atoms with Crippen LogP contribution in [0.4, 0.5) is 0 Å². The smallest absolute Gasteiger partial charge is 0.223 e. The van der Waals surface area contributed by atoms with Crippen LogP contribution in [-0.4, -0.2) is 18.0 Å². The zero-order chi connectivity index (χ0) is 11.6. The SMILES string of the molecule is CC1(NC(=O)[C@@H]2CCC[C@@H]2CN)CCCC1. The van der Waals surface area contributed by atoms with E-state index >= 15 is 0 Å². The van der Waals surface area contributed by atoms with Crippen molar-refractivity contribution in [3.8, 4) is 0 Å². The van der Waals surface area contributed by atoms with Gasteiger partial charge in [0, 0.05) is 11.5 Å². The molecule has 0 aromatic carbocycles. The highest BCUT2D eigenvalue weighted by atomic mass is 16.2. The Morgan fingerprint density at radius 2 is 2.00 bits per heavy atom. The number of rotatable bonds is 3. The van der Waals surface area contributed by atoms with Gasteiger partial charge in [-0.1, -0.05) is 19.3 Å². The molecule has 0 spiro atoms. The summed E-state index contributed by atoms with van der Waals surface area (Å²) >= 11 is 0. The van der Waals surface area contributed by atoms with Crippen LogP contribution in [0.1, 0.15) is 51.9 Å². The number of nitrogens with one attached hydrogen (secondary N) is 1. The second kappa shape index (κ2) is 4.74. The summed E-state index contributed by atoms with van der Waals surface area (Å²) in [5.41, 5.74) is 5.79. The zero-order valence-corrected chi connectivity index (χ0v) is 10.3. The van der Waals surface area contributed by atoms with E-state index in [1.165, 1.54) is 12.8 Å². The van der Waals surface area contributed by atoms with E-state index in [1.807, 2.05) is 0 Å². The molecule has 16 heavy (non-hydrogen) atoms. The van der Waals surface area contributed by atoms with Crippen molar-refractivity contribution in [3.63, 3.8) is 0 Å². The third kappa shape index (κ3) is 2.40. The number of amides is 1. The molecule has 2 aliphatic carbocycles. The van der Waals surface area contributed by atoms with Crippen LogP contribution >= 0.6 is 0 Å². The largest absolute Gasteiger partial charge is 0.351 e. The van der Waals surface area contributed by atoms with Crippen LogP contribution in [0.25, 0.3) is 0 Å². The highest BCUT2D eigenvalue weighted by Crippen LogP contribution is 2.34. The molecule has 3 heteroatoms. The summed E-state index contributed by atoms with van der Waals surface area (Å²) in [4.78, 5) is 12.2. The summed E-state index contributed by atoms with van der Waals surface area (Å²) in [5, 5.41) is 3.27. The molecule has 2 fully saturated rings. The van der Waals surface area contributed by atoms with Gasteiger partial charge >= 0.3 is 0 Å². The highest BCUT2D eigenvalue weighted by molar-refractivity contribution is 5.80. The third-order valence-corrected chi connectivity index (χ3v) is 4.43. The van der Waals surface area contributed by atoms with E-state index in [4.69, 9.17) is 5.73 Å². The fourth-order valence-corrected chi connectivity index (χ4v) is 3.33. The summed E-state index contributed by atoms with van der Waals surface area (Å²) in [6.07, 6.45) is 8.10. The van der Waals surface area contributed by atoms with Crippen LogP contribution in [0.2, 0.25) is 0 Å². The van der Waals surface area contributed by atoms with Crippen LogP contribution in [0.3, 0.4) is 0 Å². The van der Waals surface area contributed by atoms with Crippen molar-refractivity contribution >= 4 is 5.91 Å². The summed E-state index contributed by atoms with van der Waals surface area (Å²) in [5.74, 6) is 0.866. The Labute approximate surface area is 98.2 Å². The lowest BCUT2D eigenvalue weighted by Gasteiger charge is -2.28. The molecule has 0 aromatic heterocycles. The van der Waals surface area contributed by atoms with Crippen LogP contribution in [0.5, 0.6) is 0 Å². The van der Waals surface area contributed by atoms with E-state index in [0.29, 0.717) is 12.5 Å². The Bertz CT molecular complexity index is 259. The normalized spacial score (nSPS) is 32.9. The van der Waals surface area contributed by atoms with Gasteiger partial charge in [0.15, 0.2) is 0 Å². The van der Waals surface area contributed by atoms with E-state index in [-0.39, 0.29) is 17.4 Å². The first-order valence-corrected chi connectivity index (χ1v) is 6.67. The lowest BCUT2D eigenvalue weighted by atomic mass is 9.93. The number of nitrogens with two attached hydrogens (primary N) is 1. The predicted octanol–water partition coefficient (Wildman–Crippen LogP) is 1.81. The van der Waals surface area contributed by atoms with Gasteiger partial charge in [0.05, 0.1) is 0 Å². The average molecular weight is 224 g/mol. The summed E-state index contributed by atoms with van der Waals surface area (Å²) < 4.78 is 0. The number of carbonyl (C=O) groups is 1. The molecule has 3 nitrogen and oxygen atoms in total. The Morgan fingerprint density at radius 3 is 2.62 bits per heavy atom. The number of hydrogen-bond donors (Lipinski definition) is 2. The van der Waals surface area contributed by atoms with Gasteiger partial charge in [0.2, 0.25) is 5.91 Å². The van der Waals surface area contributed by atoms with Crippen LogP contribution in [0, 0.1) is 11.8 Å². The zero-order valence-electron chi connectivity index (χ0n) is 10.3. The van der Waals surface area contributed by atoms with Crippen molar-refractivity contribution < 1.29 is 4.79 Å². The van der Waals surface area contributed by atoms with Crippen LogP contribution in [-0.2, 0) is 4.79 Å². The molecule has 0 unspecified atom stereocenters. The third-order valence-electron chi connectivity index (χ3n) is 4.43. The Kier molecular flexibility index (Phi) is 3.53. The molecule has 2 rings (SSSR count). The minimum absolute atomic E-state index is 0.0683. The molecule has 0 radical (unpaired) electrons. The summed E-state index contributed by atoms with van der Waals surface area (Å²) in [6, 6.07) is 0. The molecule has 0 aromatic rings. The topological polar surface area (TPSA) is 55.1 Å². The Hall–Kier alpha value is -0.570. The maximum atomic E-state index is 12.2. The monoisotopic (exact) mass is 224 g/mol. The van der Waals surface area contributed by atoms with E-state index in [9.17, 15) is 4.79 Å². The second-order valence-electron chi connectivity index (χ2n) is 5.79. The molecule has 0 saturated heterocycles. The number of hydrogen-bond acceptors (Lipinski definition) is 2. The van der Waals surface area contributed by atoms with E-state index < -0.39 is 0 Å². The molecule has 1 amide bonds. The minimum Gasteiger partial charge on any atom is -0.351 e. The highest BCUT2D eigenvalue weighted by Gasteiger charge is 2.36. The predicted molar refractivity (Wildman–Crippen MR) is 64.9 cm³/mol. The maximum absolute atomic E-state index is 12.2. The van der Waals surface area contributed by atoms with Crippen molar-refractivity contribution in [2.45, 2.75) is 57.4 Å². The van der Waals surface area contributed by atoms with E-state index in [1.54, 1.807) is 0 Å². The van der Waals surface area contributed by atoms with Gasteiger partial charge < -0.3 is 11.1 Å². The first-order valence-electron chi connectivity index (χ1n) is 6.67. The van der Waals surface area contributed by atoms with Crippen molar-refractivity contribution in [1.82, 2.24) is 5.32 Å². The van der Waals surface area contributed by atoms with Crippen molar-refractivity contribution in [3.05, 3.63) is 0 Å². The average Bonchev–Trinajstić information content (AvgIpc) is 2.85. The molecular weight excluding hydrogens is 200 g/mol. The molecule has 0 heterocycles. The maximum Gasteiger partial charge on any atom is 0.223 e. The first kappa shape index (κ1) is 11.9. The van der Waals surface area contributed by atoms with E-state index in [0.717, 1.165) is 32.1 Å². The molecule has 3 N–H and O–H groups in total. The second-order valence-corrected chi connectivity index (χ2v) is 5.79. The van der Waals surface area contributed by atoms with Gasteiger partial charge in [-0.3, -0.25) is 4.79 Å². The van der Waals surface area contributed by atoms with Gasteiger partial charge in [0.1, 0.15) is 0 Å². The van der Waals surface area contributed by atoms with E-state index in [2.05, 4.69) is 12.2 Å². The van der Waals surface area contributed by atoms with Crippen molar-refractivity contribution in [2.75, 3.05) is 6.54 Å². The van der Waals surface area contributed by atoms with Gasteiger partial charge in [-0.2, -0.15) is 0 Å². The summed E-state index contributed by atoms with van der Waals surface area (Å²) in [7, 11) is 0. The Balaban J connectivity index is 1.92. The van der Waals surface area contributed by atoms with Crippen LogP contribution < -0.4 is 11.1 Å². The fourth-order valence-electron chi connectivity index (χ4n) is 3.33. The standard InChI is InChI=1S/C13H24N2O/c1-13(7-2-3-8-13)15-12(16)11-6-4-5-10(11)9-14/h10-11H,2-9,14H2,1H3,(H,15,16)/t10-,11-/m1/s1. The number of carbonyl (C=O) groups excluding carboxylic acids is 1. The van der Waals surface area contributed by atoms with Gasteiger partial charge in [0.25, 0.3) is 0 Å². The molecule has 2 saturated carbocycles. The fraction of sp³-hybridized carbons (Fsp3) is 0.923. The summed E-state index contributed by atoms with van der Waals surface area (Å²) in [6.45, 7) is 2.85. The lowest BCUT2D eigenvalue weighted by Crippen LogP contribution is -2.47. The van der Waals surface area contributed by atoms with Crippen molar-refractivity contribution in [1.29, 1.82) is 0 Å².